The summed E-state index contributed by atoms with van der Waals surface area (Å²) in [7, 11) is 5.03. The standard InChI is InChI=1S/C26H56N2O5/c1-5-6-7-8-9-10-16-25(26(29-2,30-3)31-4)17-13-19-28-20-15-24-33-22-12-11-21-32-23-14-18-27/h25,28H,5-24,27H2,1-4H3. The predicted octanol–water partition coefficient (Wildman–Crippen LogP) is 4.87. The third kappa shape index (κ3) is 17.8. The van der Waals surface area contributed by atoms with E-state index in [1.54, 1.807) is 21.3 Å². The Morgan fingerprint density at radius 3 is 1.76 bits per heavy atom. The van der Waals surface area contributed by atoms with Crippen LogP contribution in [-0.4, -0.2) is 73.4 Å². The molecule has 0 heterocycles. The number of rotatable bonds is 27. The molecule has 0 amide bonds. The van der Waals surface area contributed by atoms with E-state index in [-0.39, 0.29) is 5.92 Å². The molecule has 0 aromatic heterocycles. The van der Waals surface area contributed by atoms with Gasteiger partial charge in [-0.1, -0.05) is 45.4 Å². The lowest BCUT2D eigenvalue weighted by Crippen LogP contribution is -2.44. The number of nitrogens with one attached hydrogen (secondary N) is 1. The zero-order valence-corrected chi connectivity index (χ0v) is 22.3. The van der Waals surface area contributed by atoms with Gasteiger partial charge in [0.1, 0.15) is 0 Å². The highest BCUT2D eigenvalue weighted by Gasteiger charge is 2.39. The molecule has 7 nitrogen and oxygen atoms in total. The first-order valence-corrected chi connectivity index (χ1v) is 13.4. The third-order valence-electron chi connectivity index (χ3n) is 6.13. The zero-order chi connectivity index (χ0) is 24.5. The SMILES string of the molecule is CCCCCCCCC(CCCNCCCOCCCCOCCCN)C(OC)(OC)OC. The van der Waals surface area contributed by atoms with Gasteiger partial charge in [0, 0.05) is 53.7 Å². The van der Waals surface area contributed by atoms with Crippen LogP contribution in [0.2, 0.25) is 0 Å². The lowest BCUT2D eigenvalue weighted by molar-refractivity contribution is -0.380. The van der Waals surface area contributed by atoms with Crippen LogP contribution in [0.4, 0.5) is 0 Å². The summed E-state index contributed by atoms with van der Waals surface area (Å²) in [6, 6.07) is 0. The first kappa shape index (κ1) is 32.7. The lowest BCUT2D eigenvalue weighted by atomic mass is 9.93. The average Bonchev–Trinajstić information content (AvgIpc) is 2.84. The summed E-state index contributed by atoms with van der Waals surface area (Å²) in [5.74, 6) is -0.708. The fourth-order valence-electron chi connectivity index (χ4n) is 4.11. The molecule has 0 aliphatic heterocycles. The van der Waals surface area contributed by atoms with Crippen LogP contribution < -0.4 is 11.1 Å². The largest absolute Gasteiger partial charge is 0.381 e. The predicted molar refractivity (Wildman–Crippen MR) is 137 cm³/mol. The van der Waals surface area contributed by atoms with Crippen molar-refractivity contribution in [3.63, 3.8) is 0 Å². The molecule has 3 N–H and O–H groups in total. The summed E-state index contributed by atoms with van der Waals surface area (Å²) in [6.07, 6.45) is 15.0. The summed E-state index contributed by atoms with van der Waals surface area (Å²) in [4.78, 5) is 0. The fourth-order valence-corrected chi connectivity index (χ4v) is 4.11. The van der Waals surface area contributed by atoms with E-state index in [0.717, 1.165) is 84.5 Å². The first-order chi connectivity index (χ1) is 16.2. The lowest BCUT2D eigenvalue weighted by Gasteiger charge is -2.36. The van der Waals surface area contributed by atoms with Gasteiger partial charge in [0.25, 0.3) is 5.97 Å². The number of methoxy groups -OCH3 is 3. The van der Waals surface area contributed by atoms with Crippen molar-refractivity contribution in [3.8, 4) is 0 Å². The Labute approximate surface area is 204 Å². The van der Waals surface area contributed by atoms with Crippen molar-refractivity contribution in [1.29, 1.82) is 0 Å². The number of ether oxygens (including phenoxy) is 5. The minimum absolute atomic E-state index is 0.230. The van der Waals surface area contributed by atoms with E-state index in [1.807, 2.05) is 0 Å². The fraction of sp³-hybridized carbons (Fsp3) is 1.00. The molecule has 33 heavy (non-hydrogen) atoms. The van der Waals surface area contributed by atoms with Crippen molar-refractivity contribution >= 4 is 0 Å². The molecule has 1 atom stereocenters. The third-order valence-corrected chi connectivity index (χ3v) is 6.13. The Kier molecular flexibility index (Phi) is 24.6. The molecule has 0 rings (SSSR count). The van der Waals surface area contributed by atoms with Gasteiger partial charge in [-0.2, -0.15) is 0 Å². The van der Waals surface area contributed by atoms with Gasteiger partial charge in [0.2, 0.25) is 0 Å². The van der Waals surface area contributed by atoms with Crippen LogP contribution >= 0.6 is 0 Å². The molecule has 0 radical (unpaired) electrons. The Balaban J connectivity index is 3.87. The van der Waals surface area contributed by atoms with Crippen molar-refractivity contribution < 1.29 is 23.7 Å². The minimum Gasteiger partial charge on any atom is -0.381 e. The molecule has 0 spiro atoms. The number of nitrogens with two attached hydrogens (primary N) is 1. The van der Waals surface area contributed by atoms with E-state index >= 15 is 0 Å². The first-order valence-electron chi connectivity index (χ1n) is 13.4. The number of hydrogen-bond acceptors (Lipinski definition) is 7. The number of hydrogen-bond donors (Lipinski definition) is 2. The van der Waals surface area contributed by atoms with Crippen molar-refractivity contribution in [2.45, 2.75) is 96.4 Å². The van der Waals surface area contributed by atoms with Crippen LogP contribution in [0.15, 0.2) is 0 Å². The Morgan fingerprint density at radius 1 is 0.636 bits per heavy atom. The maximum atomic E-state index is 5.71. The van der Waals surface area contributed by atoms with E-state index in [0.29, 0.717) is 6.54 Å². The van der Waals surface area contributed by atoms with Gasteiger partial charge in [-0.05, 0) is 64.6 Å². The van der Waals surface area contributed by atoms with Crippen LogP contribution in [0.3, 0.4) is 0 Å². The second-order valence-corrected chi connectivity index (χ2v) is 8.79. The molecule has 200 valence electrons. The van der Waals surface area contributed by atoms with Gasteiger partial charge < -0.3 is 34.7 Å². The molecule has 0 aliphatic rings. The quantitative estimate of drug-likeness (QED) is 0.129. The van der Waals surface area contributed by atoms with Gasteiger partial charge in [-0.25, -0.2) is 0 Å². The van der Waals surface area contributed by atoms with Crippen molar-refractivity contribution in [2.24, 2.45) is 11.7 Å². The maximum absolute atomic E-state index is 5.71. The Morgan fingerprint density at radius 2 is 1.15 bits per heavy atom. The normalized spacial score (nSPS) is 13.0. The highest BCUT2D eigenvalue weighted by atomic mass is 16.9. The molecule has 0 saturated heterocycles. The highest BCUT2D eigenvalue weighted by Crippen LogP contribution is 2.32. The smallest absolute Gasteiger partial charge is 0.285 e. The average molecular weight is 477 g/mol. The van der Waals surface area contributed by atoms with Crippen molar-refractivity contribution in [2.75, 3.05) is 67.4 Å². The minimum atomic E-state index is -0.938. The second-order valence-electron chi connectivity index (χ2n) is 8.79. The van der Waals surface area contributed by atoms with E-state index in [2.05, 4.69) is 12.2 Å². The van der Waals surface area contributed by atoms with Gasteiger partial charge in [0.15, 0.2) is 0 Å². The Bertz CT molecular complexity index is 375. The molecule has 0 fully saturated rings. The molecular weight excluding hydrogens is 420 g/mol. The van der Waals surface area contributed by atoms with Crippen LogP contribution in [-0.2, 0) is 23.7 Å². The zero-order valence-electron chi connectivity index (χ0n) is 22.3. The van der Waals surface area contributed by atoms with E-state index in [1.165, 1.54) is 38.5 Å². The number of unbranched alkanes of at least 4 members (excludes halogenated alkanes) is 6. The van der Waals surface area contributed by atoms with Crippen LogP contribution in [0, 0.1) is 5.92 Å². The highest BCUT2D eigenvalue weighted by molar-refractivity contribution is 4.72. The van der Waals surface area contributed by atoms with Crippen molar-refractivity contribution in [1.82, 2.24) is 5.32 Å². The van der Waals surface area contributed by atoms with Gasteiger partial charge in [0.05, 0.1) is 0 Å². The molecule has 0 bridgehead atoms. The molecule has 0 aromatic rings. The monoisotopic (exact) mass is 476 g/mol. The molecule has 0 saturated carbocycles. The molecule has 0 aromatic carbocycles. The molecule has 1 unspecified atom stereocenters. The summed E-state index contributed by atoms with van der Waals surface area (Å²) >= 11 is 0. The molecule has 0 aliphatic carbocycles. The van der Waals surface area contributed by atoms with Gasteiger partial charge in [-0.3, -0.25) is 0 Å². The summed E-state index contributed by atoms with van der Waals surface area (Å²) < 4.78 is 28.2. The van der Waals surface area contributed by atoms with Gasteiger partial charge >= 0.3 is 0 Å². The van der Waals surface area contributed by atoms with E-state index in [9.17, 15) is 0 Å². The van der Waals surface area contributed by atoms with Gasteiger partial charge in [-0.15, -0.1) is 0 Å². The molecule has 7 heteroatoms. The Hall–Kier alpha value is -0.280. The van der Waals surface area contributed by atoms with E-state index < -0.39 is 5.97 Å². The van der Waals surface area contributed by atoms with Crippen LogP contribution in [0.1, 0.15) is 90.4 Å². The second kappa shape index (κ2) is 24.8. The maximum Gasteiger partial charge on any atom is 0.285 e. The summed E-state index contributed by atoms with van der Waals surface area (Å²) in [5, 5.41) is 3.53. The topological polar surface area (TPSA) is 84.2 Å². The molecular formula is C26H56N2O5. The van der Waals surface area contributed by atoms with Crippen molar-refractivity contribution in [3.05, 3.63) is 0 Å². The summed E-state index contributed by atoms with van der Waals surface area (Å²) in [6.45, 7) is 8.12. The van der Waals surface area contributed by atoms with E-state index in [4.69, 9.17) is 29.4 Å². The summed E-state index contributed by atoms with van der Waals surface area (Å²) in [5.41, 5.74) is 5.44. The van der Waals surface area contributed by atoms with Crippen LogP contribution in [0.5, 0.6) is 0 Å². The van der Waals surface area contributed by atoms with Crippen LogP contribution in [0.25, 0.3) is 0 Å².